The van der Waals surface area contributed by atoms with E-state index in [9.17, 15) is 8.42 Å². The van der Waals surface area contributed by atoms with E-state index in [1.54, 1.807) is 30.5 Å². The summed E-state index contributed by atoms with van der Waals surface area (Å²) < 4.78 is 38.6. The first kappa shape index (κ1) is 16.5. The Labute approximate surface area is 141 Å². The molecule has 0 atom stereocenters. The highest BCUT2D eigenvalue weighted by Crippen LogP contribution is 2.29. The molecule has 1 aliphatic rings. The molecule has 0 radical (unpaired) electrons. The molecule has 1 fully saturated rings. The van der Waals surface area contributed by atoms with Gasteiger partial charge < -0.3 is 9.31 Å². The average molecular weight is 344 g/mol. The second kappa shape index (κ2) is 5.96. The van der Waals surface area contributed by atoms with Gasteiger partial charge in [-0.15, -0.1) is 0 Å². The first-order valence-electron chi connectivity index (χ1n) is 7.35. The largest absolute Gasteiger partial charge is 0.565 e. The van der Waals surface area contributed by atoms with E-state index in [0.717, 1.165) is 0 Å². The number of nitrogens with zero attached hydrogens (tertiary/aromatic N) is 1. The van der Waals surface area contributed by atoms with Crippen LogP contribution in [0.2, 0.25) is 0 Å². The summed E-state index contributed by atoms with van der Waals surface area (Å²) in [5, 5.41) is 0. The number of nitrogens with one attached hydrogen (secondary N) is 1. The van der Waals surface area contributed by atoms with Gasteiger partial charge in [0, 0.05) is 11.7 Å². The molecule has 2 aromatic rings. The minimum Gasteiger partial charge on any atom is -0.534 e. The van der Waals surface area contributed by atoms with Crippen molar-refractivity contribution < 1.29 is 17.7 Å². The van der Waals surface area contributed by atoms with E-state index in [4.69, 9.17) is 9.31 Å². The smallest absolute Gasteiger partial charge is 0.534 e. The van der Waals surface area contributed by atoms with Crippen LogP contribution >= 0.6 is 0 Å². The van der Waals surface area contributed by atoms with Gasteiger partial charge in [0.05, 0.1) is 22.5 Å². The normalized spacial score (nSPS) is 16.8. The molecule has 0 unspecified atom stereocenters. The molecule has 0 aliphatic carbocycles. The van der Waals surface area contributed by atoms with Crippen LogP contribution in [-0.4, -0.2) is 26.1 Å². The second-order valence-electron chi connectivity index (χ2n) is 5.93. The lowest BCUT2D eigenvalue weighted by molar-refractivity contribution is 0.173. The molecule has 1 aromatic heterocycles. The average Bonchev–Trinajstić information content (AvgIpc) is 2.82. The number of benzene rings is 1. The lowest BCUT2D eigenvalue weighted by Gasteiger charge is -2.15. The molecule has 1 saturated heterocycles. The van der Waals surface area contributed by atoms with E-state index in [1.807, 2.05) is 13.8 Å². The predicted octanol–water partition coefficient (Wildman–Crippen LogP) is 1.92. The number of pyridine rings is 1. The lowest BCUT2D eigenvalue weighted by atomic mass is 9.80. The van der Waals surface area contributed by atoms with Crippen LogP contribution in [0, 0.1) is 0 Å². The van der Waals surface area contributed by atoms with Crippen LogP contribution < -0.4 is 10.2 Å². The van der Waals surface area contributed by atoms with Crippen molar-refractivity contribution in [3.8, 4) is 0 Å². The summed E-state index contributed by atoms with van der Waals surface area (Å²) in [6, 6.07) is 9.76. The molecule has 6 nitrogen and oxygen atoms in total. The standard InChI is InChI=1S/C16H17BN2O4S/c1-12-16(2,3)23-17(22-12)13-9-14(11-18-10-13)19-24(20,21)15-7-5-4-6-8-15/h4-11,19H,1H2,2-3H3. The Morgan fingerprint density at radius 3 is 2.54 bits per heavy atom. The van der Waals surface area contributed by atoms with Crippen LogP contribution in [0.4, 0.5) is 5.69 Å². The fourth-order valence-electron chi connectivity index (χ4n) is 2.22. The van der Waals surface area contributed by atoms with Gasteiger partial charge in [-0.2, -0.15) is 0 Å². The second-order valence-corrected chi connectivity index (χ2v) is 7.61. The third-order valence-electron chi connectivity index (χ3n) is 3.66. The van der Waals surface area contributed by atoms with Gasteiger partial charge in [-0.3, -0.25) is 9.71 Å². The molecule has 2 heterocycles. The van der Waals surface area contributed by atoms with Gasteiger partial charge in [0.25, 0.3) is 10.0 Å². The van der Waals surface area contributed by atoms with Crippen molar-refractivity contribution in [3.63, 3.8) is 0 Å². The fourth-order valence-corrected chi connectivity index (χ4v) is 3.28. The van der Waals surface area contributed by atoms with Crippen LogP contribution in [0.5, 0.6) is 0 Å². The van der Waals surface area contributed by atoms with E-state index >= 15 is 0 Å². The summed E-state index contributed by atoms with van der Waals surface area (Å²) in [6.45, 7) is 7.53. The lowest BCUT2D eigenvalue weighted by Crippen LogP contribution is -2.35. The van der Waals surface area contributed by atoms with Crippen molar-refractivity contribution >= 4 is 28.3 Å². The topological polar surface area (TPSA) is 77.5 Å². The van der Waals surface area contributed by atoms with E-state index in [1.165, 1.54) is 18.3 Å². The molecular formula is C16H17BN2O4S. The maximum absolute atomic E-state index is 12.4. The van der Waals surface area contributed by atoms with Gasteiger partial charge in [0.1, 0.15) is 5.60 Å². The van der Waals surface area contributed by atoms with Crippen molar-refractivity contribution in [2.45, 2.75) is 24.3 Å². The molecule has 0 amide bonds. The Morgan fingerprint density at radius 2 is 1.92 bits per heavy atom. The highest BCUT2D eigenvalue weighted by atomic mass is 32.2. The minimum atomic E-state index is -3.68. The quantitative estimate of drug-likeness (QED) is 0.858. The summed E-state index contributed by atoms with van der Waals surface area (Å²) in [5.74, 6) is 0.516. The summed E-state index contributed by atoms with van der Waals surface area (Å²) in [4.78, 5) is 4.24. The molecule has 124 valence electrons. The van der Waals surface area contributed by atoms with Crippen molar-refractivity contribution in [1.82, 2.24) is 4.98 Å². The van der Waals surface area contributed by atoms with E-state index in [-0.39, 0.29) is 4.90 Å². The third kappa shape index (κ3) is 3.29. The minimum absolute atomic E-state index is 0.179. The molecule has 1 aromatic carbocycles. The van der Waals surface area contributed by atoms with Gasteiger partial charge in [-0.1, -0.05) is 24.8 Å². The van der Waals surface area contributed by atoms with Crippen LogP contribution in [0.25, 0.3) is 0 Å². The Bertz CT molecular complexity index is 869. The van der Waals surface area contributed by atoms with Gasteiger partial charge in [0.2, 0.25) is 0 Å². The third-order valence-corrected chi connectivity index (χ3v) is 5.06. The molecule has 0 bridgehead atoms. The Morgan fingerprint density at radius 1 is 1.21 bits per heavy atom. The highest BCUT2D eigenvalue weighted by Gasteiger charge is 2.43. The zero-order valence-electron chi connectivity index (χ0n) is 13.4. The van der Waals surface area contributed by atoms with Crippen LogP contribution in [0.1, 0.15) is 13.8 Å². The Kier molecular flexibility index (Phi) is 4.10. The zero-order valence-corrected chi connectivity index (χ0v) is 14.2. The van der Waals surface area contributed by atoms with E-state index in [0.29, 0.717) is 16.9 Å². The van der Waals surface area contributed by atoms with Crippen LogP contribution in [0.3, 0.4) is 0 Å². The van der Waals surface area contributed by atoms with Crippen molar-refractivity contribution in [1.29, 1.82) is 0 Å². The first-order valence-corrected chi connectivity index (χ1v) is 8.83. The number of hydrogen-bond acceptors (Lipinski definition) is 5. The first-order chi connectivity index (χ1) is 11.3. The van der Waals surface area contributed by atoms with Crippen molar-refractivity contribution in [2.75, 3.05) is 4.72 Å². The van der Waals surface area contributed by atoms with Gasteiger partial charge in [-0.25, -0.2) is 8.42 Å². The van der Waals surface area contributed by atoms with E-state index in [2.05, 4.69) is 16.3 Å². The molecule has 3 rings (SSSR count). The van der Waals surface area contributed by atoms with E-state index < -0.39 is 22.7 Å². The highest BCUT2D eigenvalue weighted by molar-refractivity contribution is 7.92. The van der Waals surface area contributed by atoms with Crippen LogP contribution in [-0.2, 0) is 19.3 Å². The maximum Gasteiger partial charge on any atom is 0.565 e. The predicted molar refractivity (Wildman–Crippen MR) is 92.3 cm³/mol. The number of rotatable bonds is 4. The molecule has 24 heavy (non-hydrogen) atoms. The number of sulfonamides is 1. The molecule has 1 aliphatic heterocycles. The molecular weight excluding hydrogens is 327 g/mol. The summed E-state index contributed by atoms with van der Waals surface area (Å²) >= 11 is 0. The Balaban J connectivity index is 1.83. The Hall–Kier alpha value is -2.32. The summed E-state index contributed by atoms with van der Waals surface area (Å²) in [6.07, 6.45) is 3.00. The van der Waals surface area contributed by atoms with Gasteiger partial charge in [-0.05, 0) is 32.0 Å². The maximum atomic E-state index is 12.4. The number of anilines is 1. The zero-order chi connectivity index (χ0) is 17.4. The SMILES string of the molecule is C=C1OB(c2cncc(NS(=O)(=O)c3ccccc3)c2)OC1(C)C. The number of aromatic nitrogens is 1. The fraction of sp³-hybridized carbons (Fsp3) is 0.188. The monoisotopic (exact) mass is 344 g/mol. The summed E-state index contributed by atoms with van der Waals surface area (Å²) in [7, 11) is -4.34. The molecule has 0 saturated carbocycles. The molecule has 1 N–H and O–H groups in total. The summed E-state index contributed by atoms with van der Waals surface area (Å²) in [5.41, 5.74) is 0.332. The van der Waals surface area contributed by atoms with Crippen molar-refractivity contribution in [2.24, 2.45) is 0 Å². The van der Waals surface area contributed by atoms with Gasteiger partial charge >= 0.3 is 7.12 Å². The number of hydrogen-bond donors (Lipinski definition) is 1. The molecule has 0 spiro atoms. The van der Waals surface area contributed by atoms with Crippen LogP contribution in [0.15, 0.2) is 66.0 Å². The van der Waals surface area contributed by atoms with Crippen molar-refractivity contribution in [3.05, 3.63) is 61.1 Å². The molecule has 8 heteroatoms. The van der Waals surface area contributed by atoms with Gasteiger partial charge in [0.15, 0.2) is 0 Å².